The van der Waals surface area contributed by atoms with Gasteiger partial charge in [0.15, 0.2) is 0 Å². The van der Waals surface area contributed by atoms with Crippen molar-refractivity contribution >= 4 is 0 Å². The van der Waals surface area contributed by atoms with Gasteiger partial charge in [0.25, 0.3) is 0 Å². The molecule has 0 aromatic heterocycles. The maximum Gasteiger partial charge on any atom is 0.125 e. The minimum absolute atomic E-state index is 0.647. The Balaban J connectivity index is 3.22. The molecule has 0 heterocycles. The third-order valence-electron chi connectivity index (χ3n) is 5.86. The van der Waals surface area contributed by atoms with E-state index >= 15 is 0 Å². The number of unbranched alkanes of at least 4 members (excludes halogenated alkanes) is 18. The Morgan fingerprint density at radius 2 is 0.862 bits per heavy atom. The van der Waals surface area contributed by atoms with Crippen LogP contribution in [0, 0.1) is 0 Å². The molecule has 0 aliphatic rings. The van der Waals surface area contributed by atoms with Gasteiger partial charge >= 0.3 is 0 Å². The van der Waals surface area contributed by atoms with Crippen LogP contribution in [0.1, 0.15) is 143 Å². The minimum Gasteiger partial charge on any atom is -0.374 e. The number of nitrogens with zero attached hydrogens (tertiary/aromatic N) is 1. The second-order valence-corrected chi connectivity index (χ2v) is 8.89. The zero-order chi connectivity index (χ0) is 21.6. The van der Waals surface area contributed by atoms with Crippen LogP contribution in [0.5, 0.6) is 0 Å². The van der Waals surface area contributed by atoms with Gasteiger partial charge in [-0.1, -0.05) is 122 Å². The van der Waals surface area contributed by atoms with Crippen molar-refractivity contribution in [1.82, 2.24) is 4.90 Å². The van der Waals surface area contributed by atoms with E-state index in [9.17, 15) is 10.2 Å². The standard InChI is InChI=1S/C26H53NO2/c1-4-5-6-7-8-9-10-11-12-13-14-15-16-17-18-19-20-21-22-23-24-27(25(2)28)26(3)29/h23-26,28-29H,4-22H2,1-3H3. The van der Waals surface area contributed by atoms with Gasteiger partial charge in [-0.2, -0.15) is 0 Å². The number of aliphatic hydroxyl groups is 2. The molecule has 0 bridgehead atoms. The first-order valence-corrected chi connectivity index (χ1v) is 12.9. The third-order valence-corrected chi connectivity index (χ3v) is 5.86. The van der Waals surface area contributed by atoms with Crippen LogP contribution in [-0.4, -0.2) is 27.6 Å². The molecule has 2 unspecified atom stereocenters. The van der Waals surface area contributed by atoms with Gasteiger partial charge in [0.05, 0.1) is 0 Å². The van der Waals surface area contributed by atoms with Crippen molar-refractivity contribution < 1.29 is 10.2 Å². The van der Waals surface area contributed by atoms with Crippen molar-refractivity contribution in [1.29, 1.82) is 0 Å². The minimum atomic E-state index is -0.647. The molecule has 0 rings (SSSR count). The van der Waals surface area contributed by atoms with E-state index in [0.717, 1.165) is 6.42 Å². The largest absolute Gasteiger partial charge is 0.374 e. The first-order valence-electron chi connectivity index (χ1n) is 12.9. The van der Waals surface area contributed by atoms with Crippen LogP contribution in [0.2, 0.25) is 0 Å². The number of aliphatic hydroxyl groups excluding tert-OH is 2. The van der Waals surface area contributed by atoms with E-state index in [-0.39, 0.29) is 0 Å². The summed E-state index contributed by atoms with van der Waals surface area (Å²) < 4.78 is 0. The molecule has 0 saturated heterocycles. The van der Waals surface area contributed by atoms with Gasteiger partial charge < -0.3 is 15.1 Å². The van der Waals surface area contributed by atoms with Crippen molar-refractivity contribution in [2.75, 3.05) is 0 Å². The fourth-order valence-electron chi connectivity index (χ4n) is 3.92. The Morgan fingerprint density at radius 3 is 1.17 bits per heavy atom. The topological polar surface area (TPSA) is 43.7 Å². The lowest BCUT2D eigenvalue weighted by molar-refractivity contribution is -0.0513. The third kappa shape index (κ3) is 20.5. The number of rotatable bonds is 22. The highest BCUT2D eigenvalue weighted by atomic mass is 16.3. The van der Waals surface area contributed by atoms with E-state index in [1.807, 2.05) is 6.20 Å². The molecule has 0 aliphatic carbocycles. The van der Waals surface area contributed by atoms with E-state index in [1.165, 1.54) is 116 Å². The van der Waals surface area contributed by atoms with E-state index in [1.54, 1.807) is 18.7 Å². The van der Waals surface area contributed by atoms with Gasteiger partial charge in [0.1, 0.15) is 12.5 Å². The van der Waals surface area contributed by atoms with Crippen LogP contribution in [0.15, 0.2) is 12.3 Å². The Labute approximate surface area is 183 Å². The van der Waals surface area contributed by atoms with Gasteiger partial charge in [-0.05, 0) is 26.7 Å². The molecule has 174 valence electrons. The summed E-state index contributed by atoms with van der Waals surface area (Å²) in [4.78, 5) is 1.56. The molecular weight excluding hydrogens is 358 g/mol. The quantitative estimate of drug-likeness (QED) is 0.140. The molecule has 29 heavy (non-hydrogen) atoms. The van der Waals surface area contributed by atoms with Gasteiger partial charge in [-0.25, -0.2) is 0 Å². The molecule has 0 saturated carbocycles. The maximum absolute atomic E-state index is 9.56. The molecule has 2 atom stereocenters. The van der Waals surface area contributed by atoms with Crippen LogP contribution >= 0.6 is 0 Å². The second-order valence-electron chi connectivity index (χ2n) is 8.89. The fourth-order valence-corrected chi connectivity index (χ4v) is 3.92. The van der Waals surface area contributed by atoms with Gasteiger partial charge in [-0.3, -0.25) is 0 Å². The van der Waals surface area contributed by atoms with Crippen molar-refractivity contribution in [3.63, 3.8) is 0 Å². The van der Waals surface area contributed by atoms with E-state index in [4.69, 9.17) is 0 Å². The van der Waals surface area contributed by atoms with Crippen LogP contribution < -0.4 is 0 Å². The molecule has 2 N–H and O–H groups in total. The first kappa shape index (κ1) is 28.5. The van der Waals surface area contributed by atoms with Crippen molar-refractivity contribution in [2.45, 2.75) is 155 Å². The number of hydrogen-bond acceptors (Lipinski definition) is 3. The summed E-state index contributed by atoms with van der Waals surface area (Å²) in [6.07, 6.45) is 28.9. The van der Waals surface area contributed by atoms with Crippen LogP contribution in [0.3, 0.4) is 0 Å². The first-order chi connectivity index (χ1) is 14.1. The predicted molar refractivity (Wildman–Crippen MR) is 128 cm³/mol. The van der Waals surface area contributed by atoms with Crippen LogP contribution in [0.4, 0.5) is 0 Å². The van der Waals surface area contributed by atoms with Gasteiger partial charge in [0, 0.05) is 6.20 Å². The highest BCUT2D eigenvalue weighted by molar-refractivity contribution is 4.83. The fraction of sp³-hybridized carbons (Fsp3) is 0.923. The van der Waals surface area contributed by atoms with E-state index in [2.05, 4.69) is 13.0 Å². The summed E-state index contributed by atoms with van der Waals surface area (Å²) in [7, 11) is 0. The predicted octanol–water partition coefficient (Wildman–Crippen LogP) is 7.91. The summed E-state index contributed by atoms with van der Waals surface area (Å²) in [6.45, 7) is 5.64. The summed E-state index contributed by atoms with van der Waals surface area (Å²) in [6, 6.07) is 0. The van der Waals surface area contributed by atoms with Crippen molar-refractivity contribution in [2.24, 2.45) is 0 Å². The van der Waals surface area contributed by atoms with Crippen molar-refractivity contribution in [3.05, 3.63) is 12.3 Å². The number of allylic oxidation sites excluding steroid dienone is 1. The lowest BCUT2D eigenvalue weighted by Gasteiger charge is -2.26. The second kappa shape index (κ2) is 22.2. The SMILES string of the molecule is CCCCCCCCCCCCCCCCCCCCC=CN(C(C)O)C(C)O. The molecule has 0 amide bonds. The maximum atomic E-state index is 9.56. The Kier molecular flexibility index (Phi) is 21.7. The van der Waals surface area contributed by atoms with Gasteiger partial charge in [0.2, 0.25) is 0 Å². The molecule has 0 spiro atoms. The average Bonchev–Trinajstić information content (AvgIpc) is 2.68. The number of hydrogen-bond donors (Lipinski definition) is 2. The summed E-state index contributed by atoms with van der Waals surface area (Å²) >= 11 is 0. The van der Waals surface area contributed by atoms with Gasteiger partial charge in [-0.15, -0.1) is 0 Å². The smallest absolute Gasteiger partial charge is 0.125 e. The normalized spacial score (nSPS) is 13.8. The van der Waals surface area contributed by atoms with E-state index < -0.39 is 12.5 Å². The molecule has 0 radical (unpaired) electrons. The Bertz CT molecular complexity index is 334. The average molecular weight is 412 g/mol. The lowest BCUT2D eigenvalue weighted by Crippen LogP contribution is -2.35. The summed E-state index contributed by atoms with van der Waals surface area (Å²) in [5, 5.41) is 19.1. The highest BCUT2D eigenvalue weighted by Gasteiger charge is 2.10. The zero-order valence-electron chi connectivity index (χ0n) is 20.1. The Hall–Kier alpha value is -0.540. The van der Waals surface area contributed by atoms with Crippen LogP contribution in [-0.2, 0) is 0 Å². The van der Waals surface area contributed by atoms with Crippen molar-refractivity contribution in [3.8, 4) is 0 Å². The molecule has 0 aliphatic heterocycles. The monoisotopic (exact) mass is 411 g/mol. The van der Waals surface area contributed by atoms with Crippen LogP contribution in [0.25, 0.3) is 0 Å². The Morgan fingerprint density at radius 1 is 0.552 bits per heavy atom. The molecule has 0 aromatic rings. The molecule has 0 aromatic carbocycles. The summed E-state index contributed by atoms with van der Waals surface area (Å²) in [5.41, 5.74) is 0. The molecule has 0 fully saturated rings. The zero-order valence-corrected chi connectivity index (χ0v) is 20.1. The molecule has 3 heteroatoms. The molecule has 3 nitrogen and oxygen atoms in total. The summed E-state index contributed by atoms with van der Waals surface area (Å²) in [5.74, 6) is 0. The lowest BCUT2D eigenvalue weighted by atomic mass is 10.0. The van der Waals surface area contributed by atoms with E-state index in [0.29, 0.717) is 0 Å². The molecular formula is C26H53NO2. The highest BCUT2D eigenvalue weighted by Crippen LogP contribution is 2.14.